The van der Waals surface area contributed by atoms with Crippen LogP contribution in [0, 0.1) is 5.92 Å². The van der Waals surface area contributed by atoms with Crippen molar-refractivity contribution in [1.82, 2.24) is 45.1 Å². The Morgan fingerprint density at radius 2 is 2.06 bits per heavy atom. The van der Waals surface area contributed by atoms with Crippen LogP contribution in [0.4, 0.5) is 4.79 Å². The lowest BCUT2D eigenvalue weighted by molar-refractivity contribution is 0.0211. The minimum atomic E-state index is -0.822. The van der Waals surface area contributed by atoms with Crippen LogP contribution in [0.3, 0.4) is 0 Å². The van der Waals surface area contributed by atoms with Crippen molar-refractivity contribution in [2.75, 3.05) is 6.54 Å². The summed E-state index contributed by atoms with van der Waals surface area (Å²) in [6.07, 6.45) is 8.81. The number of hydrogen-bond donors (Lipinski definition) is 1. The van der Waals surface area contributed by atoms with Gasteiger partial charge in [0.15, 0.2) is 5.82 Å². The molecular formula is C19H23N9O3. The predicted molar refractivity (Wildman–Crippen MR) is 105 cm³/mol. The molecule has 31 heavy (non-hydrogen) atoms. The van der Waals surface area contributed by atoms with Crippen molar-refractivity contribution >= 4 is 6.09 Å². The first kappa shape index (κ1) is 19.4. The van der Waals surface area contributed by atoms with E-state index in [0.717, 1.165) is 37.8 Å². The van der Waals surface area contributed by atoms with Gasteiger partial charge in [-0.25, -0.2) is 9.78 Å². The predicted octanol–water partition coefficient (Wildman–Crippen LogP) is 1.71. The molecule has 4 heterocycles. The molecule has 1 amide bonds. The highest BCUT2D eigenvalue weighted by molar-refractivity contribution is 5.65. The van der Waals surface area contributed by atoms with E-state index < -0.39 is 6.09 Å². The molecule has 1 N–H and O–H groups in total. The number of tetrazole rings is 1. The summed E-state index contributed by atoms with van der Waals surface area (Å²) in [5.74, 6) is 1.45. The van der Waals surface area contributed by atoms with Crippen molar-refractivity contribution < 1.29 is 14.6 Å². The maximum Gasteiger partial charge on any atom is 0.407 e. The largest absolute Gasteiger partial charge is 0.486 e. The zero-order valence-corrected chi connectivity index (χ0v) is 16.9. The molecule has 1 saturated heterocycles. The lowest BCUT2D eigenvalue weighted by atomic mass is 9.75. The second-order valence-electron chi connectivity index (χ2n) is 7.90. The molecule has 3 aromatic heterocycles. The second-order valence-corrected chi connectivity index (χ2v) is 7.90. The number of aromatic nitrogens is 8. The van der Waals surface area contributed by atoms with Gasteiger partial charge in [-0.15, -0.1) is 5.10 Å². The molecule has 3 unspecified atom stereocenters. The van der Waals surface area contributed by atoms with Crippen LogP contribution in [0.2, 0.25) is 0 Å². The summed E-state index contributed by atoms with van der Waals surface area (Å²) in [7, 11) is 0. The van der Waals surface area contributed by atoms with E-state index in [1.54, 1.807) is 34.2 Å². The van der Waals surface area contributed by atoms with Gasteiger partial charge in [-0.3, -0.25) is 0 Å². The summed E-state index contributed by atoms with van der Waals surface area (Å²) < 4.78 is 7.26. The summed E-state index contributed by atoms with van der Waals surface area (Å²) in [4.78, 5) is 19.3. The Morgan fingerprint density at radius 1 is 1.16 bits per heavy atom. The highest BCUT2D eigenvalue weighted by Gasteiger charge is 2.42. The number of likely N-dealkylation sites (tertiary alicyclic amines) is 1. The maximum absolute atomic E-state index is 11.6. The molecule has 0 radical (unpaired) electrons. The average molecular weight is 425 g/mol. The number of fused-ring (bicyclic) bond motifs is 1. The molecule has 0 bridgehead atoms. The zero-order chi connectivity index (χ0) is 21.2. The van der Waals surface area contributed by atoms with E-state index in [-0.39, 0.29) is 24.6 Å². The fourth-order valence-corrected chi connectivity index (χ4v) is 4.70. The summed E-state index contributed by atoms with van der Waals surface area (Å²) in [6, 6.07) is 3.73. The molecule has 2 aliphatic rings. The number of carboxylic acid groups (broad SMARTS) is 1. The quantitative estimate of drug-likeness (QED) is 0.647. The number of ether oxygens (including phenoxy) is 1. The number of amides is 1. The molecule has 3 atom stereocenters. The Bertz CT molecular complexity index is 1020. The van der Waals surface area contributed by atoms with Gasteiger partial charge in [0.05, 0.1) is 18.4 Å². The van der Waals surface area contributed by atoms with Crippen LogP contribution in [0.5, 0.6) is 5.75 Å². The van der Waals surface area contributed by atoms with Gasteiger partial charge < -0.3 is 14.7 Å². The first-order valence-electron chi connectivity index (χ1n) is 10.4. The Hall–Kier alpha value is -3.57. The first-order valence-corrected chi connectivity index (χ1v) is 10.4. The van der Waals surface area contributed by atoms with Crippen LogP contribution >= 0.6 is 0 Å². The zero-order valence-electron chi connectivity index (χ0n) is 16.9. The van der Waals surface area contributed by atoms with E-state index in [0.29, 0.717) is 18.1 Å². The van der Waals surface area contributed by atoms with Crippen LogP contribution in [0.15, 0.2) is 30.9 Å². The standard InChI is InChI=1S/C19H23N9O3/c29-19(30)26-8-7-17(15-3-1-2-4-16(15)26)28-22-9-13(23-28)11-31-14-5-6-18(20-10-14)27-12-21-24-25-27/h5-6,9-10,12,15-17H,1-4,7-8,11H2,(H,29,30). The lowest BCUT2D eigenvalue weighted by Gasteiger charge is -2.46. The minimum Gasteiger partial charge on any atom is -0.486 e. The first-order chi connectivity index (χ1) is 15.2. The van der Waals surface area contributed by atoms with Crippen LogP contribution < -0.4 is 4.74 Å². The maximum atomic E-state index is 11.6. The molecule has 2 fully saturated rings. The number of nitrogens with zero attached hydrogens (tertiary/aromatic N) is 9. The van der Waals surface area contributed by atoms with E-state index in [4.69, 9.17) is 4.74 Å². The molecule has 3 aromatic rings. The van der Waals surface area contributed by atoms with Crippen LogP contribution in [0.1, 0.15) is 43.8 Å². The Labute approximate surface area is 177 Å². The Kier molecular flexibility index (Phi) is 5.18. The van der Waals surface area contributed by atoms with Gasteiger partial charge in [-0.2, -0.15) is 19.7 Å². The van der Waals surface area contributed by atoms with Gasteiger partial charge in [-0.1, -0.05) is 12.8 Å². The molecule has 162 valence electrons. The van der Waals surface area contributed by atoms with Crippen molar-refractivity contribution in [1.29, 1.82) is 0 Å². The normalized spacial score (nSPS) is 23.4. The Balaban J connectivity index is 1.23. The summed E-state index contributed by atoms with van der Waals surface area (Å²) in [5.41, 5.74) is 0.720. The highest BCUT2D eigenvalue weighted by Crippen LogP contribution is 2.41. The minimum absolute atomic E-state index is 0.0560. The molecular weight excluding hydrogens is 402 g/mol. The summed E-state index contributed by atoms with van der Waals surface area (Å²) >= 11 is 0. The molecule has 12 nitrogen and oxygen atoms in total. The molecule has 0 spiro atoms. The summed E-state index contributed by atoms with van der Waals surface area (Å²) in [6.45, 7) is 0.793. The molecule has 1 saturated carbocycles. The van der Waals surface area contributed by atoms with Gasteiger partial charge in [0.25, 0.3) is 0 Å². The second kappa shape index (κ2) is 8.28. The molecule has 1 aliphatic carbocycles. The van der Waals surface area contributed by atoms with E-state index in [9.17, 15) is 9.90 Å². The smallest absolute Gasteiger partial charge is 0.407 e. The van der Waals surface area contributed by atoms with Crippen molar-refractivity contribution in [3.63, 3.8) is 0 Å². The third kappa shape index (κ3) is 3.92. The number of hydrogen-bond acceptors (Lipinski definition) is 8. The van der Waals surface area contributed by atoms with Crippen molar-refractivity contribution in [2.24, 2.45) is 5.92 Å². The fraction of sp³-hybridized carbons (Fsp3) is 0.526. The molecule has 12 heteroatoms. The van der Waals surface area contributed by atoms with E-state index in [2.05, 4.69) is 30.7 Å². The number of piperidine rings is 1. The van der Waals surface area contributed by atoms with Crippen LogP contribution in [-0.4, -0.2) is 68.9 Å². The summed E-state index contributed by atoms with van der Waals surface area (Å²) in [5, 5.41) is 29.6. The number of pyridine rings is 1. The van der Waals surface area contributed by atoms with Crippen LogP contribution in [-0.2, 0) is 6.61 Å². The molecule has 1 aliphatic heterocycles. The SMILES string of the molecule is O=C(O)N1CCC(n2ncc(COc3ccc(-n4cnnn4)nc3)n2)C2CCCCC21. The van der Waals surface area contributed by atoms with E-state index in [1.165, 1.54) is 11.0 Å². The van der Waals surface area contributed by atoms with Gasteiger partial charge in [0.1, 0.15) is 24.4 Å². The average Bonchev–Trinajstić information content (AvgIpc) is 3.50. The van der Waals surface area contributed by atoms with Gasteiger partial charge >= 0.3 is 6.09 Å². The number of carbonyl (C=O) groups is 1. The molecule has 0 aromatic carbocycles. The topological polar surface area (TPSA) is 137 Å². The van der Waals surface area contributed by atoms with Crippen molar-refractivity contribution in [2.45, 2.75) is 50.8 Å². The lowest BCUT2D eigenvalue weighted by Crippen LogP contribution is -2.53. The van der Waals surface area contributed by atoms with Gasteiger partial charge in [0.2, 0.25) is 0 Å². The number of rotatable bonds is 5. The van der Waals surface area contributed by atoms with E-state index in [1.807, 2.05) is 0 Å². The van der Waals surface area contributed by atoms with Gasteiger partial charge in [-0.05, 0) is 41.8 Å². The van der Waals surface area contributed by atoms with Gasteiger partial charge in [0, 0.05) is 18.5 Å². The monoisotopic (exact) mass is 425 g/mol. The fourth-order valence-electron chi connectivity index (χ4n) is 4.70. The van der Waals surface area contributed by atoms with Crippen molar-refractivity contribution in [3.8, 4) is 11.6 Å². The highest BCUT2D eigenvalue weighted by atomic mass is 16.5. The third-order valence-corrected chi connectivity index (χ3v) is 6.13. The van der Waals surface area contributed by atoms with Crippen molar-refractivity contribution in [3.05, 3.63) is 36.5 Å². The van der Waals surface area contributed by atoms with Crippen LogP contribution in [0.25, 0.3) is 5.82 Å². The third-order valence-electron chi connectivity index (χ3n) is 6.13. The Morgan fingerprint density at radius 3 is 2.84 bits per heavy atom. The molecule has 5 rings (SSSR count). The van der Waals surface area contributed by atoms with E-state index >= 15 is 0 Å².